The van der Waals surface area contributed by atoms with Crippen LogP contribution in [-0.4, -0.2) is 35.3 Å². The molecule has 21 heavy (non-hydrogen) atoms. The molecule has 0 aromatic carbocycles. The molecule has 1 heterocycles. The number of halogens is 2. The highest BCUT2D eigenvalue weighted by atomic mass is 79.9. The number of rotatable bonds is 2. The zero-order valence-electron chi connectivity index (χ0n) is 12.8. The van der Waals surface area contributed by atoms with Gasteiger partial charge in [-0.15, -0.1) is 0 Å². The van der Waals surface area contributed by atoms with Crippen molar-refractivity contribution in [1.82, 2.24) is 10.2 Å². The lowest BCUT2D eigenvalue weighted by Gasteiger charge is -2.41. The van der Waals surface area contributed by atoms with E-state index in [-0.39, 0.29) is 11.3 Å². The molecule has 0 saturated carbocycles. The Bertz CT molecular complexity index is 506. The summed E-state index contributed by atoms with van der Waals surface area (Å²) in [5.74, 6) is -0.500. The van der Waals surface area contributed by atoms with Crippen LogP contribution in [-0.2, 0) is 0 Å². The average Bonchev–Trinajstić information content (AvgIpc) is 2.40. The van der Waals surface area contributed by atoms with Gasteiger partial charge in [-0.25, -0.2) is 4.39 Å². The number of allylic oxidation sites excluding steroid dienone is 5. The van der Waals surface area contributed by atoms with E-state index in [9.17, 15) is 4.39 Å². The molecule has 1 fully saturated rings. The van der Waals surface area contributed by atoms with Gasteiger partial charge in [0, 0.05) is 40.9 Å². The van der Waals surface area contributed by atoms with E-state index in [1.807, 2.05) is 0 Å². The van der Waals surface area contributed by atoms with E-state index >= 15 is 0 Å². The summed E-state index contributed by atoms with van der Waals surface area (Å²) in [6, 6.07) is 0.394. The predicted octanol–water partition coefficient (Wildman–Crippen LogP) is 3.89. The highest BCUT2D eigenvalue weighted by molar-refractivity contribution is 9.11. The number of hydrogen-bond donors (Lipinski definition) is 2. The van der Waals surface area contributed by atoms with Gasteiger partial charge in [0.15, 0.2) is 0 Å². The molecule has 1 aliphatic carbocycles. The van der Waals surface area contributed by atoms with E-state index in [1.165, 1.54) is 6.08 Å². The van der Waals surface area contributed by atoms with Crippen molar-refractivity contribution in [1.29, 1.82) is 5.41 Å². The molecule has 0 unspecified atom stereocenters. The van der Waals surface area contributed by atoms with E-state index in [0.717, 1.165) is 25.9 Å². The molecule has 2 N–H and O–H groups in total. The Morgan fingerprint density at radius 3 is 2.52 bits per heavy atom. The number of nitrogens with zero attached hydrogens (tertiary/aromatic N) is 1. The van der Waals surface area contributed by atoms with Gasteiger partial charge in [-0.1, -0.05) is 15.9 Å². The average molecular weight is 356 g/mol. The van der Waals surface area contributed by atoms with Gasteiger partial charge in [0.05, 0.1) is 5.71 Å². The number of hydrogen-bond acceptors (Lipinski definition) is 3. The monoisotopic (exact) mass is 355 g/mol. The topological polar surface area (TPSA) is 39.1 Å². The van der Waals surface area contributed by atoms with Gasteiger partial charge in [-0.2, -0.15) is 0 Å². The van der Waals surface area contributed by atoms with Crippen LogP contribution in [0.3, 0.4) is 0 Å². The van der Waals surface area contributed by atoms with Gasteiger partial charge < -0.3 is 5.32 Å². The summed E-state index contributed by atoms with van der Waals surface area (Å²) in [5.41, 5.74) is 0.745. The summed E-state index contributed by atoms with van der Waals surface area (Å²) < 4.78 is 14.2. The maximum absolute atomic E-state index is 13.5. The fourth-order valence-corrected chi connectivity index (χ4v) is 3.08. The van der Waals surface area contributed by atoms with Crippen molar-refractivity contribution in [3.63, 3.8) is 0 Å². The van der Waals surface area contributed by atoms with E-state index in [1.54, 1.807) is 12.3 Å². The molecular formula is C16H23BrFN3. The molecule has 0 aromatic rings. The van der Waals surface area contributed by atoms with Gasteiger partial charge in [0.2, 0.25) is 0 Å². The van der Waals surface area contributed by atoms with Crippen molar-refractivity contribution in [2.75, 3.05) is 13.1 Å². The van der Waals surface area contributed by atoms with Crippen molar-refractivity contribution < 1.29 is 4.39 Å². The number of piperidine rings is 1. The lowest BCUT2D eigenvalue weighted by Crippen LogP contribution is -2.49. The Kier molecular flexibility index (Phi) is 5.04. The Balaban J connectivity index is 1.92. The molecule has 5 heteroatoms. The van der Waals surface area contributed by atoms with Crippen LogP contribution >= 0.6 is 15.9 Å². The van der Waals surface area contributed by atoms with Crippen LogP contribution in [0.4, 0.5) is 4.39 Å². The summed E-state index contributed by atoms with van der Waals surface area (Å²) in [5, 5.41) is 11.1. The van der Waals surface area contributed by atoms with E-state index in [0.29, 0.717) is 16.1 Å². The predicted molar refractivity (Wildman–Crippen MR) is 89.5 cm³/mol. The number of nitrogens with one attached hydrogen (secondary N) is 2. The van der Waals surface area contributed by atoms with Crippen molar-refractivity contribution in [3.05, 3.63) is 34.2 Å². The maximum Gasteiger partial charge on any atom is 0.149 e. The van der Waals surface area contributed by atoms with Crippen molar-refractivity contribution >= 4 is 21.6 Å². The third-order valence-corrected chi connectivity index (χ3v) is 4.46. The third kappa shape index (κ3) is 4.27. The van der Waals surface area contributed by atoms with Crippen LogP contribution in [0.5, 0.6) is 0 Å². The fraction of sp³-hybridized carbons (Fsp3) is 0.562. The largest absolute Gasteiger partial charge is 0.388 e. The standard InChI is InChI=1S/C16H23BrFN3/c1-16(2,3)21-6-4-13(5-7-21)20-10-11-8-12(17)9-14(18)15(11)19/h8-10,13,19-20H,4-7H2,1-3H3/b11-10-,19-15?. The first-order valence-electron chi connectivity index (χ1n) is 7.32. The molecule has 0 bridgehead atoms. The van der Waals surface area contributed by atoms with Gasteiger partial charge in [0.25, 0.3) is 0 Å². The first kappa shape index (κ1) is 16.4. The Hall–Kier alpha value is -0.940. The molecule has 3 nitrogen and oxygen atoms in total. The van der Waals surface area contributed by atoms with Crippen molar-refractivity contribution in [3.8, 4) is 0 Å². The smallest absolute Gasteiger partial charge is 0.149 e. The van der Waals surface area contributed by atoms with Gasteiger partial charge in [-0.05, 0) is 45.8 Å². The number of likely N-dealkylation sites (tertiary alicyclic amines) is 1. The molecule has 2 rings (SSSR count). The second-order valence-corrected chi connectivity index (χ2v) is 7.51. The lowest BCUT2D eigenvalue weighted by molar-refractivity contribution is 0.0989. The quantitative estimate of drug-likeness (QED) is 0.788. The molecule has 116 valence electrons. The fourth-order valence-electron chi connectivity index (χ4n) is 2.63. The zero-order valence-corrected chi connectivity index (χ0v) is 14.4. The molecule has 1 saturated heterocycles. The second-order valence-electron chi connectivity index (χ2n) is 6.59. The minimum atomic E-state index is -0.500. The first-order valence-corrected chi connectivity index (χ1v) is 8.11. The Morgan fingerprint density at radius 2 is 1.95 bits per heavy atom. The first-order chi connectivity index (χ1) is 9.77. The van der Waals surface area contributed by atoms with Crippen LogP contribution in [0.25, 0.3) is 0 Å². The minimum Gasteiger partial charge on any atom is -0.388 e. The summed E-state index contributed by atoms with van der Waals surface area (Å²) >= 11 is 3.27. The van der Waals surface area contributed by atoms with Gasteiger partial charge in [0.1, 0.15) is 5.83 Å². The molecule has 0 atom stereocenters. The maximum atomic E-state index is 13.5. The zero-order chi connectivity index (χ0) is 15.6. The van der Waals surface area contributed by atoms with Crippen LogP contribution in [0.1, 0.15) is 33.6 Å². The Morgan fingerprint density at radius 1 is 1.33 bits per heavy atom. The second kappa shape index (κ2) is 6.44. The highest BCUT2D eigenvalue weighted by Gasteiger charge is 2.26. The highest BCUT2D eigenvalue weighted by Crippen LogP contribution is 2.24. The van der Waals surface area contributed by atoms with Gasteiger partial charge >= 0.3 is 0 Å². The van der Waals surface area contributed by atoms with Crippen LogP contribution in [0, 0.1) is 5.41 Å². The van der Waals surface area contributed by atoms with Crippen LogP contribution in [0.15, 0.2) is 34.2 Å². The summed E-state index contributed by atoms with van der Waals surface area (Å²) in [6.45, 7) is 8.85. The van der Waals surface area contributed by atoms with E-state index in [4.69, 9.17) is 5.41 Å². The molecule has 2 aliphatic rings. The minimum absolute atomic E-state index is 0.0576. The molecular weight excluding hydrogens is 333 g/mol. The molecule has 0 radical (unpaired) electrons. The van der Waals surface area contributed by atoms with Crippen molar-refractivity contribution in [2.45, 2.75) is 45.2 Å². The molecule has 0 aromatic heterocycles. The van der Waals surface area contributed by atoms with E-state index < -0.39 is 5.83 Å². The third-order valence-electron chi connectivity index (χ3n) is 4.00. The summed E-state index contributed by atoms with van der Waals surface area (Å²) in [4.78, 5) is 2.49. The van der Waals surface area contributed by atoms with E-state index in [2.05, 4.69) is 46.9 Å². The van der Waals surface area contributed by atoms with Crippen LogP contribution in [0.2, 0.25) is 0 Å². The normalized spacial score (nSPS) is 24.0. The lowest BCUT2D eigenvalue weighted by atomic mass is 9.98. The SMILES string of the molecule is CC(C)(C)N1CCC(N/C=C2/C=C(Br)C=C(F)C2=N)CC1. The molecule has 0 spiro atoms. The molecule has 1 aliphatic heterocycles. The summed E-state index contributed by atoms with van der Waals surface area (Å²) in [7, 11) is 0. The molecule has 0 amide bonds. The van der Waals surface area contributed by atoms with Crippen LogP contribution < -0.4 is 5.32 Å². The van der Waals surface area contributed by atoms with Gasteiger partial charge in [-0.3, -0.25) is 10.3 Å². The summed E-state index contributed by atoms with van der Waals surface area (Å²) in [6.07, 6.45) is 6.99. The Labute approximate surface area is 134 Å². The van der Waals surface area contributed by atoms with Crippen molar-refractivity contribution in [2.24, 2.45) is 0 Å².